The second-order valence-corrected chi connectivity index (χ2v) is 30.5. The Bertz CT molecular complexity index is 5110. The fraction of sp³-hybridized carbons (Fsp3) is 0.356. The normalized spacial score (nSPS) is 10.8. The molecule has 3 unspecified atom stereocenters. The van der Waals surface area contributed by atoms with Crippen LogP contribution in [-0.2, 0) is 103 Å². The summed E-state index contributed by atoms with van der Waals surface area (Å²) < 4.78 is 64.5. The summed E-state index contributed by atoms with van der Waals surface area (Å²) in [5.41, 5.74) is 14.7. The van der Waals surface area contributed by atoms with Crippen LogP contribution in [0.15, 0.2) is 241 Å². The van der Waals surface area contributed by atoms with Gasteiger partial charge in [0.25, 0.3) is 0 Å². The number of nitrogens with one attached hydrogen (secondary N) is 1. The third-order valence-electron chi connectivity index (χ3n) is 17.2. The molecular weight excluding hydrogens is 1820 g/mol. The van der Waals surface area contributed by atoms with E-state index in [1.807, 2.05) is 146 Å². The molecule has 10 aromatic rings. The third kappa shape index (κ3) is 49.3. The number of hydrogen-bond donors (Lipinski definition) is 4. The highest BCUT2D eigenvalue weighted by molar-refractivity contribution is 9.08. The number of alkyl halides is 1. The average Bonchev–Trinajstić information content (AvgIpc) is 0.815. The van der Waals surface area contributed by atoms with Gasteiger partial charge >= 0.3 is 47.8 Å². The largest absolute Gasteiger partial charge is 0.481 e. The molecule has 34 nitrogen and oxygen atoms in total. The van der Waals surface area contributed by atoms with Gasteiger partial charge in [-0.2, -0.15) is 0 Å². The number of methoxy groups -OCH3 is 7. The van der Waals surface area contributed by atoms with Crippen LogP contribution in [0.3, 0.4) is 0 Å². The summed E-state index contributed by atoms with van der Waals surface area (Å²) in [4.78, 5) is 137. The molecule has 0 saturated heterocycles. The van der Waals surface area contributed by atoms with Gasteiger partial charge in [-0.05, 0) is 134 Å². The molecule has 730 valence electrons. The van der Waals surface area contributed by atoms with Gasteiger partial charge in [0.2, 0.25) is 41.2 Å². The minimum absolute atomic E-state index is 0.0267. The number of amides is 1. The number of carboxylic acid groups (broad SMARTS) is 1. The van der Waals surface area contributed by atoms with Crippen LogP contribution in [0.1, 0.15) is 155 Å². The number of esters is 7. The van der Waals surface area contributed by atoms with Gasteiger partial charge in [-0.25, -0.2) is 44.3 Å². The van der Waals surface area contributed by atoms with Crippen LogP contribution in [-0.4, -0.2) is 217 Å². The topological polar surface area (TPSA) is 454 Å². The maximum absolute atomic E-state index is 12.7. The highest BCUT2D eigenvalue weighted by Crippen LogP contribution is 2.21. The molecule has 35 heteroatoms. The van der Waals surface area contributed by atoms with Crippen molar-refractivity contribution in [1.29, 1.82) is 0 Å². The number of nitrogens with two attached hydrogens (primary N) is 1. The Morgan fingerprint density at radius 1 is 0.412 bits per heavy atom. The van der Waals surface area contributed by atoms with Crippen molar-refractivity contribution >= 4 is 81.0 Å². The zero-order valence-electron chi connectivity index (χ0n) is 80.0. The predicted octanol–water partition coefficient (Wildman–Crippen LogP) is 14.2. The molecule has 3 atom stereocenters. The monoisotopic (exact) mass is 1940 g/mol. The summed E-state index contributed by atoms with van der Waals surface area (Å²) in [6, 6.07) is 59.9. The van der Waals surface area contributed by atoms with E-state index >= 15 is 0 Å². The number of carbonyl (C=O) groups excluding carboxylic acids is 8. The Morgan fingerprint density at radius 3 is 1.22 bits per heavy atom. The van der Waals surface area contributed by atoms with Crippen molar-refractivity contribution in [1.82, 2.24) is 35.2 Å². The smallest absolute Gasteiger partial charge is 0.338 e. The molecule has 0 fully saturated rings. The standard InChI is InChI=1S/C24H24N2O3.C19H28N2O6.C17H17NO2.C11H16N2O3.C8H9NO3.C8H14O4.C7H8BrNO.C7H9NO2/c1-3-29-24(27)21(17-20-15-10-16-22(25-20)28-2)26-23(18-11-6-4-7-12-18)19-13-8-5-9-14-19;1-6-26-18(24)14(11-13-9-10-20-16(12-13)25-5)21-15(22)7-8-17(23)27-19(2,3)4;1-2-20-16(19)13-18-17(14-9-5-3-6-10-14)15-11-7-4-8-12-15;1-3-16-11(14)9(12)6-8-4-5-13-10(7-8)15-2;1-11-7-5-6(3-4-9-7)8(10)12-2;1-8(2,3)12-7(11)5-4-6(9)10;1-10-7-4-6(5-8)2-3-9-7;1-10-7-4-6(5-9)2-3-8-7/h4-16,21H,3,17H2,1-2H3;9-10,12,14H,6-8,11H2,1-5H3,(H,21,22);3-12H,2,13H2,1H3;4-5,7,9H,3,6,12H2,1-2H3;3-5H,1-2H3;4-5H2,1-3H3,(H,9,10);2-4H,5H2,1H3;2-4,9H,5H2,1H3. The molecular formula is C101H125BrN10O24. The van der Waals surface area contributed by atoms with Crippen molar-refractivity contribution in [3.05, 3.63) is 287 Å². The minimum Gasteiger partial charge on any atom is -0.481 e. The number of carbonyl (C=O) groups is 9. The minimum atomic E-state index is -0.985. The molecule has 0 aliphatic rings. The van der Waals surface area contributed by atoms with E-state index in [9.17, 15) is 43.2 Å². The number of aliphatic hydroxyl groups excluding tert-OH is 1. The number of aliphatic imine (C=N–C) groups is 2. The van der Waals surface area contributed by atoms with Crippen molar-refractivity contribution in [3.8, 4) is 35.3 Å². The number of ether oxygens (including phenoxy) is 13. The maximum Gasteiger partial charge on any atom is 0.338 e. The van der Waals surface area contributed by atoms with Crippen molar-refractivity contribution in [2.45, 2.75) is 155 Å². The van der Waals surface area contributed by atoms with Crippen LogP contribution in [0.4, 0.5) is 0 Å². The van der Waals surface area contributed by atoms with Crippen LogP contribution >= 0.6 is 15.9 Å². The van der Waals surface area contributed by atoms with Gasteiger partial charge in [-0.1, -0.05) is 143 Å². The van der Waals surface area contributed by atoms with Crippen LogP contribution in [0.5, 0.6) is 35.3 Å². The van der Waals surface area contributed by atoms with Crippen molar-refractivity contribution in [2.24, 2.45) is 15.7 Å². The second kappa shape index (κ2) is 66.0. The molecule has 0 saturated carbocycles. The first-order valence-corrected chi connectivity index (χ1v) is 44.2. The van der Waals surface area contributed by atoms with E-state index in [1.165, 1.54) is 46.3 Å². The third-order valence-corrected chi connectivity index (χ3v) is 17.8. The van der Waals surface area contributed by atoms with E-state index in [0.717, 1.165) is 55.7 Å². The van der Waals surface area contributed by atoms with Gasteiger partial charge in [0, 0.05) is 120 Å². The summed E-state index contributed by atoms with van der Waals surface area (Å²) >= 11 is 3.34. The molecule has 0 aliphatic carbocycles. The number of nitrogens with zero attached hydrogens (tertiary/aromatic N) is 8. The number of aromatic nitrogens is 6. The first kappa shape index (κ1) is 116. The van der Waals surface area contributed by atoms with E-state index in [0.29, 0.717) is 79.2 Å². The number of carboxylic acids is 1. The maximum atomic E-state index is 12.7. The Morgan fingerprint density at radius 2 is 0.801 bits per heavy atom. The lowest BCUT2D eigenvalue weighted by Crippen LogP contribution is -2.43. The highest BCUT2D eigenvalue weighted by atomic mass is 79.9. The van der Waals surface area contributed by atoms with Gasteiger partial charge in [-0.3, -0.25) is 38.8 Å². The van der Waals surface area contributed by atoms with E-state index in [4.69, 9.17) is 77.8 Å². The highest BCUT2D eigenvalue weighted by Gasteiger charge is 2.27. The van der Waals surface area contributed by atoms with E-state index in [1.54, 1.807) is 164 Å². The SMILES string of the molecule is CC(C)(C)OC(=O)CCC(=O)O.CCOC(=O)C(Cc1cccc(OC)n1)N=C(c1ccccc1)c1ccccc1.CCOC(=O)C(Cc1ccnc(OC)c1)NC(=O)CCC(=O)OC(C)(C)C.CCOC(=O)C(N)Cc1ccnc(OC)c1.CCOC(=O)CN=C(c1ccccc1)c1ccccc1.COC(=O)c1ccnc(OC)c1.COc1cc(CBr)ccn1.COc1cc(CO)ccn1. The molecule has 6 heterocycles. The lowest BCUT2D eigenvalue weighted by atomic mass is 10.0. The summed E-state index contributed by atoms with van der Waals surface area (Å²) in [5, 5.41) is 20.4. The van der Waals surface area contributed by atoms with Gasteiger partial charge in [0.05, 0.1) is 119 Å². The number of benzene rings is 4. The van der Waals surface area contributed by atoms with Gasteiger partial charge in [-0.15, -0.1) is 0 Å². The number of pyridine rings is 6. The number of aliphatic carboxylic acids is 1. The molecule has 0 bridgehead atoms. The summed E-state index contributed by atoms with van der Waals surface area (Å²) in [5.74, 6) is -1.34. The Hall–Kier alpha value is -14.5. The average molecular weight is 1940 g/mol. The second-order valence-electron chi connectivity index (χ2n) is 30.0. The summed E-state index contributed by atoms with van der Waals surface area (Å²) in [6.45, 7) is 18.8. The number of aliphatic hydroxyl groups is 1. The zero-order chi connectivity index (χ0) is 101. The van der Waals surface area contributed by atoms with E-state index < -0.39 is 71.1 Å². The lowest BCUT2D eigenvalue weighted by Gasteiger charge is -2.20. The van der Waals surface area contributed by atoms with Crippen LogP contribution in [0, 0.1) is 0 Å². The van der Waals surface area contributed by atoms with Crippen LogP contribution in [0.25, 0.3) is 0 Å². The van der Waals surface area contributed by atoms with Gasteiger partial charge < -0.3 is 82.8 Å². The molecule has 0 spiro atoms. The van der Waals surface area contributed by atoms with Gasteiger partial charge in [0.15, 0.2) is 6.04 Å². The zero-order valence-corrected chi connectivity index (χ0v) is 81.6. The summed E-state index contributed by atoms with van der Waals surface area (Å²) in [6.07, 6.45) is 8.57. The van der Waals surface area contributed by atoms with Crippen molar-refractivity contribution in [2.75, 3.05) is 82.7 Å². The molecule has 0 radical (unpaired) electrons. The van der Waals surface area contributed by atoms with Crippen LogP contribution < -0.4 is 39.5 Å². The molecule has 1 amide bonds. The first-order valence-electron chi connectivity index (χ1n) is 43.1. The fourth-order valence-corrected chi connectivity index (χ4v) is 11.4. The first-order chi connectivity index (χ1) is 65.1. The molecule has 5 N–H and O–H groups in total. The van der Waals surface area contributed by atoms with Crippen molar-refractivity contribution in [3.63, 3.8) is 0 Å². The number of rotatable bonds is 36. The molecule has 136 heavy (non-hydrogen) atoms. The van der Waals surface area contributed by atoms with Crippen LogP contribution in [0.2, 0.25) is 0 Å². The Labute approximate surface area is 803 Å². The Kier molecular flexibility index (Phi) is 56.2. The summed E-state index contributed by atoms with van der Waals surface area (Å²) in [7, 11) is 10.6. The number of halogens is 1. The lowest BCUT2D eigenvalue weighted by molar-refractivity contribution is -0.157. The fourth-order valence-electron chi connectivity index (χ4n) is 11.0. The van der Waals surface area contributed by atoms with Gasteiger partial charge in [0.1, 0.15) is 29.8 Å². The Balaban J connectivity index is 0.000000413. The number of hydrogen-bond acceptors (Lipinski definition) is 32. The predicted molar refractivity (Wildman–Crippen MR) is 516 cm³/mol. The quantitative estimate of drug-likeness (QED) is 0.0123. The molecule has 10 rings (SSSR count). The van der Waals surface area contributed by atoms with E-state index in [-0.39, 0.29) is 63.8 Å². The van der Waals surface area contributed by atoms with Crippen molar-refractivity contribution < 1.29 is 115 Å². The molecule has 6 aromatic heterocycles. The molecule has 0 aliphatic heterocycles. The molecule has 4 aromatic carbocycles. The van der Waals surface area contributed by atoms with E-state index in [2.05, 4.69) is 60.9 Å².